The summed E-state index contributed by atoms with van der Waals surface area (Å²) in [6, 6.07) is 6.51. The summed E-state index contributed by atoms with van der Waals surface area (Å²) in [4.78, 5) is 1.55. The predicted molar refractivity (Wildman–Crippen MR) is 70.2 cm³/mol. The Morgan fingerprint density at radius 2 is 2.06 bits per heavy atom. The summed E-state index contributed by atoms with van der Waals surface area (Å²) in [5, 5.41) is 12.3. The number of nitrogens with two attached hydrogens (primary N) is 1. The molecule has 0 aliphatic carbocycles. The normalized spacial score (nSPS) is 10.8. The molecule has 18 heavy (non-hydrogen) atoms. The van der Waals surface area contributed by atoms with Gasteiger partial charge in [-0.15, -0.1) is 10.2 Å². The van der Waals surface area contributed by atoms with E-state index in [9.17, 15) is 0 Å². The van der Waals surface area contributed by atoms with Gasteiger partial charge in [0.2, 0.25) is 0 Å². The van der Waals surface area contributed by atoms with Crippen LogP contribution >= 0.6 is 0 Å². The van der Waals surface area contributed by atoms with Gasteiger partial charge in [-0.2, -0.15) is 4.80 Å². The molecule has 0 fully saturated rings. The molecule has 1 aromatic heterocycles. The van der Waals surface area contributed by atoms with Gasteiger partial charge in [0.15, 0.2) is 5.82 Å². The molecule has 2 aromatic rings. The van der Waals surface area contributed by atoms with Crippen molar-refractivity contribution in [3.05, 3.63) is 40.7 Å². The number of hydrogen-bond acceptors (Lipinski definition) is 4. The summed E-state index contributed by atoms with van der Waals surface area (Å²) in [6.07, 6.45) is 1.76. The second-order valence-electron chi connectivity index (χ2n) is 4.52. The Hall–Kier alpha value is -1.75. The van der Waals surface area contributed by atoms with Crippen molar-refractivity contribution in [1.29, 1.82) is 0 Å². The maximum absolute atomic E-state index is 5.44. The zero-order valence-corrected chi connectivity index (χ0v) is 10.9. The average molecular weight is 245 g/mol. The van der Waals surface area contributed by atoms with E-state index in [1.54, 1.807) is 4.80 Å². The predicted octanol–water partition coefficient (Wildman–Crippen LogP) is 1.03. The molecule has 1 heterocycles. The van der Waals surface area contributed by atoms with Crippen molar-refractivity contribution in [3.8, 4) is 0 Å². The Morgan fingerprint density at radius 1 is 1.22 bits per heavy atom. The third kappa shape index (κ3) is 3.13. The maximum atomic E-state index is 5.44. The maximum Gasteiger partial charge on any atom is 0.175 e. The molecular weight excluding hydrogens is 226 g/mol. The van der Waals surface area contributed by atoms with Crippen molar-refractivity contribution < 1.29 is 0 Å². The van der Waals surface area contributed by atoms with Gasteiger partial charge >= 0.3 is 0 Å². The molecule has 96 valence electrons. The summed E-state index contributed by atoms with van der Waals surface area (Å²) >= 11 is 0. The Bertz CT molecular complexity index is 518. The molecule has 1 aromatic carbocycles. The fraction of sp³-hybridized carbons (Fsp3) is 0.462. The van der Waals surface area contributed by atoms with Crippen molar-refractivity contribution in [1.82, 2.24) is 20.2 Å². The Kier molecular flexibility index (Phi) is 4.04. The van der Waals surface area contributed by atoms with Gasteiger partial charge in [-0.25, -0.2) is 0 Å². The van der Waals surface area contributed by atoms with Crippen LogP contribution in [0, 0.1) is 13.8 Å². The molecule has 0 saturated heterocycles. The van der Waals surface area contributed by atoms with Crippen molar-refractivity contribution in [2.24, 2.45) is 5.73 Å². The van der Waals surface area contributed by atoms with Crippen LogP contribution in [0.4, 0.5) is 0 Å². The molecule has 2 rings (SSSR count). The lowest BCUT2D eigenvalue weighted by Crippen LogP contribution is -2.12. The van der Waals surface area contributed by atoms with Crippen molar-refractivity contribution in [3.63, 3.8) is 0 Å². The topological polar surface area (TPSA) is 69.6 Å². The summed E-state index contributed by atoms with van der Waals surface area (Å²) in [5.74, 6) is 0.782. The molecule has 0 unspecified atom stereocenters. The van der Waals surface area contributed by atoms with E-state index >= 15 is 0 Å². The second kappa shape index (κ2) is 5.73. The molecule has 0 radical (unpaired) electrons. The van der Waals surface area contributed by atoms with Gasteiger partial charge in [0.05, 0.1) is 6.54 Å². The molecule has 0 aliphatic rings. The minimum Gasteiger partial charge on any atom is -0.329 e. The molecule has 0 amide bonds. The number of rotatable bonds is 5. The number of aryl methyl sites for hydroxylation is 4. The molecule has 0 aliphatic heterocycles. The van der Waals surface area contributed by atoms with Gasteiger partial charge in [-0.1, -0.05) is 23.8 Å². The fourth-order valence-electron chi connectivity index (χ4n) is 1.90. The van der Waals surface area contributed by atoms with Crippen LogP contribution in [0.2, 0.25) is 0 Å². The smallest absolute Gasteiger partial charge is 0.175 e. The van der Waals surface area contributed by atoms with Gasteiger partial charge in [-0.3, -0.25) is 0 Å². The van der Waals surface area contributed by atoms with Crippen molar-refractivity contribution in [2.45, 2.75) is 33.2 Å². The summed E-state index contributed by atoms with van der Waals surface area (Å²) < 4.78 is 0. The van der Waals surface area contributed by atoms with Gasteiger partial charge in [0, 0.05) is 13.0 Å². The Morgan fingerprint density at radius 3 is 2.83 bits per heavy atom. The highest BCUT2D eigenvalue weighted by molar-refractivity contribution is 5.30. The van der Waals surface area contributed by atoms with Crippen LogP contribution in [0.3, 0.4) is 0 Å². The minimum absolute atomic E-state index is 0.535. The SMILES string of the molecule is Cc1ccc(C)c(CCc2nnn(CCN)n2)c1. The average Bonchev–Trinajstić information content (AvgIpc) is 2.79. The van der Waals surface area contributed by atoms with Gasteiger partial charge in [0.25, 0.3) is 0 Å². The van der Waals surface area contributed by atoms with Crippen LogP contribution in [0.5, 0.6) is 0 Å². The highest BCUT2D eigenvalue weighted by atomic mass is 15.6. The third-order valence-corrected chi connectivity index (χ3v) is 2.95. The Labute approximate surface area is 107 Å². The standard InChI is InChI=1S/C13H19N5/c1-10-3-4-11(2)12(9-10)5-6-13-15-17-18(16-13)8-7-14/h3-4,9H,5-8,14H2,1-2H3. The molecule has 2 N–H and O–H groups in total. The van der Waals surface area contributed by atoms with Crippen LogP contribution in [0.1, 0.15) is 22.5 Å². The van der Waals surface area contributed by atoms with Crippen molar-refractivity contribution >= 4 is 0 Å². The first kappa shape index (κ1) is 12.7. The lowest BCUT2D eigenvalue weighted by molar-refractivity contribution is 0.528. The monoisotopic (exact) mass is 245 g/mol. The number of hydrogen-bond donors (Lipinski definition) is 1. The quantitative estimate of drug-likeness (QED) is 0.854. The fourth-order valence-corrected chi connectivity index (χ4v) is 1.90. The lowest BCUT2D eigenvalue weighted by atomic mass is 10.0. The number of tetrazole rings is 1. The van der Waals surface area contributed by atoms with E-state index < -0.39 is 0 Å². The molecule has 0 spiro atoms. The van der Waals surface area contributed by atoms with E-state index in [0.29, 0.717) is 13.1 Å². The number of nitrogens with zero attached hydrogens (tertiary/aromatic N) is 4. The number of benzene rings is 1. The van der Waals surface area contributed by atoms with E-state index in [1.165, 1.54) is 16.7 Å². The summed E-state index contributed by atoms with van der Waals surface area (Å²) in [6.45, 7) is 5.40. The zero-order valence-electron chi connectivity index (χ0n) is 10.9. The zero-order chi connectivity index (χ0) is 13.0. The van der Waals surface area contributed by atoms with Crippen LogP contribution in [0.15, 0.2) is 18.2 Å². The van der Waals surface area contributed by atoms with E-state index in [1.807, 2.05) is 0 Å². The van der Waals surface area contributed by atoms with Crippen LogP contribution in [0.25, 0.3) is 0 Å². The summed E-state index contributed by atoms with van der Waals surface area (Å²) in [5.41, 5.74) is 9.40. The number of aromatic nitrogens is 4. The van der Waals surface area contributed by atoms with E-state index in [0.717, 1.165) is 18.7 Å². The molecule has 5 heteroatoms. The molecule has 5 nitrogen and oxygen atoms in total. The second-order valence-corrected chi connectivity index (χ2v) is 4.52. The first-order chi connectivity index (χ1) is 8.69. The summed E-state index contributed by atoms with van der Waals surface area (Å²) in [7, 11) is 0. The van der Waals surface area contributed by atoms with Gasteiger partial charge in [0.1, 0.15) is 0 Å². The third-order valence-electron chi connectivity index (χ3n) is 2.95. The van der Waals surface area contributed by atoms with Crippen molar-refractivity contribution in [2.75, 3.05) is 6.54 Å². The molecule has 0 bridgehead atoms. The van der Waals surface area contributed by atoms with Gasteiger partial charge in [-0.05, 0) is 36.6 Å². The van der Waals surface area contributed by atoms with Crippen LogP contribution in [-0.4, -0.2) is 26.8 Å². The molecule has 0 saturated carbocycles. The largest absolute Gasteiger partial charge is 0.329 e. The van der Waals surface area contributed by atoms with Gasteiger partial charge < -0.3 is 5.73 Å². The lowest BCUT2D eigenvalue weighted by Gasteiger charge is -2.05. The highest BCUT2D eigenvalue weighted by Gasteiger charge is 2.05. The highest BCUT2D eigenvalue weighted by Crippen LogP contribution is 2.12. The Balaban J connectivity index is 1.99. The molecular formula is C13H19N5. The first-order valence-corrected chi connectivity index (χ1v) is 6.22. The van der Waals surface area contributed by atoms with E-state index in [2.05, 4.69) is 47.5 Å². The first-order valence-electron chi connectivity index (χ1n) is 6.22. The van der Waals surface area contributed by atoms with E-state index in [4.69, 9.17) is 5.73 Å². The van der Waals surface area contributed by atoms with E-state index in [-0.39, 0.29) is 0 Å². The minimum atomic E-state index is 0.535. The van der Waals surface area contributed by atoms with Crippen LogP contribution in [-0.2, 0) is 19.4 Å². The molecule has 0 atom stereocenters. The van der Waals surface area contributed by atoms with Crippen LogP contribution < -0.4 is 5.73 Å².